The zero-order chi connectivity index (χ0) is 24.4. The van der Waals surface area contributed by atoms with E-state index in [2.05, 4.69) is 20.3 Å². The summed E-state index contributed by atoms with van der Waals surface area (Å²) in [6.07, 6.45) is 1.52. The zero-order valence-electron chi connectivity index (χ0n) is 18.4. The summed E-state index contributed by atoms with van der Waals surface area (Å²) < 4.78 is 0. The first-order valence-electron chi connectivity index (χ1n) is 10.4. The number of para-hydroxylation sites is 2. The monoisotopic (exact) mass is 476 g/mol. The third-order valence-corrected chi connectivity index (χ3v) is 5.54. The Kier molecular flexibility index (Phi) is 6.29. The lowest BCUT2D eigenvalue weighted by Crippen LogP contribution is -2.31. The number of carbonyl (C=O) groups excluding carboxylic acids is 2. The molecule has 0 spiro atoms. The van der Waals surface area contributed by atoms with Gasteiger partial charge in [0.25, 0.3) is 17.4 Å². The van der Waals surface area contributed by atoms with E-state index in [9.17, 15) is 14.4 Å². The number of nitrogens with zero attached hydrogens (tertiary/aromatic N) is 3. The lowest BCUT2D eigenvalue weighted by atomic mass is 10.1. The summed E-state index contributed by atoms with van der Waals surface area (Å²) in [4.78, 5) is 50.9. The lowest BCUT2D eigenvalue weighted by molar-refractivity contribution is 0.0985. The molecule has 10 heteroatoms. The van der Waals surface area contributed by atoms with E-state index in [1.54, 1.807) is 37.3 Å². The highest BCUT2D eigenvalue weighted by molar-refractivity contribution is 6.34. The number of aryl methyl sites for hydroxylation is 1. The quantitative estimate of drug-likeness (QED) is 0.375. The Morgan fingerprint density at radius 3 is 2.68 bits per heavy atom. The van der Waals surface area contributed by atoms with Gasteiger partial charge in [-0.05, 0) is 50.2 Å². The molecule has 4 rings (SSSR count). The summed E-state index contributed by atoms with van der Waals surface area (Å²) >= 11 is 6.27. The predicted octanol–water partition coefficient (Wildman–Crippen LogP) is 3.78. The van der Waals surface area contributed by atoms with Gasteiger partial charge in [0, 0.05) is 23.7 Å². The highest BCUT2D eigenvalue weighted by atomic mass is 35.5. The van der Waals surface area contributed by atoms with Crippen LogP contribution < -0.4 is 21.5 Å². The fourth-order valence-corrected chi connectivity index (χ4v) is 3.67. The second-order valence-corrected chi connectivity index (χ2v) is 7.90. The van der Waals surface area contributed by atoms with Crippen LogP contribution in [0.1, 0.15) is 33.5 Å². The Bertz CT molecular complexity index is 1480. The van der Waals surface area contributed by atoms with E-state index >= 15 is 0 Å². The topological polar surface area (TPSA) is 134 Å². The van der Waals surface area contributed by atoms with Crippen molar-refractivity contribution in [3.63, 3.8) is 0 Å². The normalized spacial score (nSPS) is 10.8. The van der Waals surface area contributed by atoms with Gasteiger partial charge in [-0.15, -0.1) is 0 Å². The third-order valence-electron chi connectivity index (χ3n) is 5.21. The van der Waals surface area contributed by atoms with Crippen molar-refractivity contribution >= 4 is 51.5 Å². The largest absolute Gasteiger partial charge is 0.397 e. The fourth-order valence-electron chi connectivity index (χ4n) is 3.51. The number of halogens is 1. The average Bonchev–Trinajstić information content (AvgIpc) is 2.81. The number of H-pyrrole nitrogens is 1. The highest BCUT2D eigenvalue weighted by Gasteiger charge is 2.20. The summed E-state index contributed by atoms with van der Waals surface area (Å²) in [5.41, 5.74) is 7.16. The van der Waals surface area contributed by atoms with Gasteiger partial charge in [-0.2, -0.15) is 0 Å². The SMILES string of the molecule is CCN(C(=O)c1ccc(Cl)c(NC(=O)c2cc3cnc(C)nc3[nH]c2=O)c1)c1ccccc1N. The van der Waals surface area contributed by atoms with Crippen LogP contribution in [0.3, 0.4) is 0 Å². The van der Waals surface area contributed by atoms with E-state index in [1.807, 2.05) is 6.92 Å². The van der Waals surface area contributed by atoms with Crippen molar-refractivity contribution in [2.75, 3.05) is 22.5 Å². The Morgan fingerprint density at radius 2 is 1.94 bits per heavy atom. The van der Waals surface area contributed by atoms with Crippen LogP contribution in [0.15, 0.2) is 59.5 Å². The number of aromatic amines is 1. The van der Waals surface area contributed by atoms with Gasteiger partial charge >= 0.3 is 0 Å². The molecular weight excluding hydrogens is 456 g/mol. The Balaban J connectivity index is 1.64. The molecule has 0 radical (unpaired) electrons. The number of aromatic nitrogens is 3. The fraction of sp³-hybridized carbons (Fsp3) is 0.125. The van der Waals surface area contributed by atoms with Crippen LogP contribution in [0.25, 0.3) is 11.0 Å². The number of hydrogen-bond donors (Lipinski definition) is 3. The summed E-state index contributed by atoms with van der Waals surface area (Å²) in [6.45, 7) is 3.91. The van der Waals surface area contributed by atoms with Gasteiger partial charge in [0.1, 0.15) is 17.0 Å². The first-order chi connectivity index (χ1) is 16.3. The maximum Gasteiger partial charge on any atom is 0.262 e. The van der Waals surface area contributed by atoms with Crippen LogP contribution in [-0.2, 0) is 0 Å². The molecule has 0 aliphatic heterocycles. The molecule has 0 atom stereocenters. The molecule has 4 aromatic rings. The standard InChI is InChI=1S/C24H21ClN6O3/c1-3-31(20-7-5-4-6-18(20)26)24(34)14-8-9-17(25)19(11-14)29-22(32)16-10-15-12-27-13(2)28-21(15)30-23(16)33/h4-12H,3,26H2,1-2H3,(H,29,32)(H,27,28,30,33). The summed E-state index contributed by atoms with van der Waals surface area (Å²) in [5, 5.41) is 3.34. The van der Waals surface area contributed by atoms with Crippen molar-refractivity contribution in [2.45, 2.75) is 13.8 Å². The number of nitrogens with one attached hydrogen (secondary N) is 2. The van der Waals surface area contributed by atoms with E-state index in [0.717, 1.165) is 0 Å². The first-order valence-corrected chi connectivity index (χ1v) is 10.8. The minimum atomic E-state index is -0.685. The summed E-state index contributed by atoms with van der Waals surface area (Å²) in [6, 6.07) is 13.0. The number of amides is 2. The average molecular weight is 477 g/mol. The number of pyridine rings is 1. The molecule has 34 heavy (non-hydrogen) atoms. The number of anilines is 3. The van der Waals surface area contributed by atoms with Crippen molar-refractivity contribution in [1.29, 1.82) is 0 Å². The van der Waals surface area contributed by atoms with Crippen LogP contribution in [0.2, 0.25) is 5.02 Å². The van der Waals surface area contributed by atoms with Crippen molar-refractivity contribution < 1.29 is 9.59 Å². The van der Waals surface area contributed by atoms with Gasteiger partial charge in [0.05, 0.1) is 22.1 Å². The van der Waals surface area contributed by atoms with E-state index in [0.29, 0.717) is 40.3 Å². The Labute approximate surface area is 199 Å². The molecule has 2 aromatic carbocycles. The number of benzene rings is 2. The molecule has 9 nitrogen and oxygen atoms in total. The molecule has 2 heterocycles. The van der Waals surface area contributed by atoms with Gasteiger partial charge in [0.15, 0.2) is 0 Å². The second kappa shape index (κ2) is 9.32. The number of rotatable bonds is 5. The zero-order valence-corrected chi connectivity index (χ0v) is 19.2. The van der Waals surface area contributed by atoms with Crippen LogP contribution in [0.4, 0.5) is 17.1 Å². The molecule has 0 saturated carbocycles. The number of fused-ring (bicyclic) bond motifs is 1. The van der Waals surface area contributed by atoms with Crippen molar-refractivity contribution in [3.8, 4) is 0 Å². The molecule has 2 amide bonds. The van der Waals surface area contributed by atoms with Crippen molar-refractivity contribution in [1.82, 2.24) is 15.0 Å². The molecule has 172 valence electrons. The first kappa shape index (κ1) is 22.9. The molecule has 0 bridgehead atoms. The van der Waals surface area contributed by atoms with E-state index in [4.69, 9.17) is 17.3 Å². The number of hydrogen-bond acceptors (Lipinski definition) is 6. The maximum atomic E-state index is 13.2. The van der Waals surface area contributed by atoms with Crippen LogP contribution >= 0.6 is 11.6 Å². The number of nitrogen functional groups attached to an aromatic ring is 1. The smallest absolute Gasteiger partial charge is 0.262 e. The van der Waals surface area contributed by atoms with Crippen molar-refractivity contribution in [3.05, 3.63) is 87.1 Å². The molecule has 2 aromatic heterocycles. The number of nitrogens with two attached hydrogens (primary N) is 1. The highest BCUT2D eigenvalue weighted by Crippen LogP contribution is 2.28. The second-order valence-electron chi connectivity index (χ2n) is 7.49. The number of carbonyl (C=O) groups is 2. The molecular formula is C24H21ClN6O3. The van der Waals surface area contributed by atoms with Gasteiger partial charge in [-0.1, -0.05) is 23.7 Å². The molecule has 0 fully saturated rings. The minimum absolute atomic E-state index is 0.139. The molecule has 0 aliphatic rings. The molecule has 0 unspecified atom stereocenters. The van der Waals surface area contributed by atoms with Crippen LogP contribution in [0.5, 0.6) is 0 Å². The van der Waals surface area contributed by atoms with Crippen LogP contribution in [-0.4, -0.2) is 33.3 Å². The molecule has 0 saturated heterocycles. The van der Waals surface area contributed by atoms with Crippen LogP contribution in [0, 0.1) is 6.92 Å². The Morgan fingerprint density at radius 1 is 1.18 bits per heavy atom. The lowest BCUT2D eigenvalue weighted by Gasteiger charge is -2.23. The predicted molar refractivity (Wildman–Crippen MR) is 133 cm³/mol. The van der Waals surface area contributed by atoms with E-state index < -0.39 is 11.5 Å². The van der Waals surface area contributed by atoms with Crippen molar-refractivity contribution in [2.24, 2.45) is 0 Å². The summed E-state index contributed by atoms with van der Waals surface area (Å²) in [5.74, 6) is -0.509. The van der Waals surface area contributed by atoms with Gasteiger partial charge in [-0.25, -0.2) is 9.97 Å². The van der Waals surface area contributed by atoms with Gasteiger partial charge in [-0.3, -0.25) is 14.4 Å². The van der Waals surface area contributed by atoms with E-state index in [1.165, 1.54) is 29.3 Å². The molecule has 0 aliphatic carbocycles. The summed E-state index contributed by atoms with van der Waals surface area (Å²) in [7, 11) is 0. The van der Waals surface area contributed by atoms with E-state index in [-0.39, 0.29) is 22.2 Å². The molecule has 4 N–H and O–H groups in total. The Hall–Kier alpha value is -4.24. The van der Waals surface area contributed by atoms with Gasteiger partial charge in [0.2, 0.25) is 0 Å². The van der Waals surface area contributed by atoms with Gasteiger partial charge < -0.3 is 20.9 Å². The minimum Gasteiger partial charge on any atom is -0.397 e. The maximum absolute atomic E-state index is 13.2. The third kappa shape index (κ3) is 4.46.